The van der Waals surface area contributed by atoms with E-state index in [4.69, 9.17) is 0 Å². The Kier molecular flexibility index (Phi) is 4.18. The second-order valence-corrected chi connectivity index (χ2v) is 5.88. The average Bonchev–Trinajstić information content (AvgIpc) is 2.99. The molecule has 0 spiro atoms. The van der Waals surface area contributed by atoms with Gasteiger partial charge >= 0.3 is 0 Å². The number of nitrogens with zero attached hydrogens (tertiary/aromatic N) is 2. The van der Waals surface area contributed by atoms with E-state index in [1.165, 1.54) is 11.3 Å². The number of nitrogens with one attached hydrogen (secondary N) is 1. The summed E-state index contributed by atoms with van der Waals surface area (Å²) in [6.45, 7) is 6.55. The monoisotopic (exact) mass is 297 g/mol. The maximum absolute atomic E-state index is 12.5. The van der Waals surface area contributed by atoms with Crippen LogP contribution in [0.3, 0.4) is 0 Å². The van der Waals surface area contributed by atoms with Crippen molar-refractivity contribution < 1.29 is 4.79 Å². The zero-order valence-electron chi connectivity index (χ0n) is 13.2. The van der Waals surface area contributed by atoms with Crippen LogP contribution in [0.4, 0.5) is 5.69 Å². The van der Waals surface area contributed by atoms with Crippen LogP contribution in [0.25, 0.3) is 0 Å². The van der Waals surface area contributed by atoms with Gasteiger partial charge < -0.3 is 14.8 Å². The van der Waals surface area contributed by atoms with E-state index < -0.39 is 0 Å². The highest BCUT2D eigenvalue weighted by molar-refractivity contribution is 5.77. The van der Waals surface area contributed by atoms with E-state index in [1.54, 1.807) is 0 Å². The van der Waals surface area contributed by atoms with Crippen molar-refractivity contribution >= 4 is 11.6 Å². The molecule has 1 atom stereocenters. The number of aryl methyl sites for hydroxylation is 1. The van der Waals surface area contributed by atoms with Gasteiger partial charge in [-0.15, -0.1) is 0 Å². The van der Waals surface area contributed by atoms with Crippen molar-refractivity contribution in [3.63, 3.8) is 0 Å². The summed E-state index contributed by atoms with van der Waals surface area (Å²) >= 11 is 0. The molecule has 0 saturated heterocycles. The Labute approximate surface area is 131 Å². The summed E-state index contributed by atoms with van der Waals surface area (Å²) in [5.41, 5.74) is 3.54. The van der Waals surface area contributed by atoms with Crippen LogP contribution in [0.2, 0.25) is 0 Å². The van der Waals surface area contributed by atoms with Gasteiger partial charge in [-0.3, -0.25) is 4.79 Å². The van der Waals surface area contributed by atoms with Crippen molar-refractivity contribution in [2.45, 2.75) is 32.9 Å². The van der Waals surface area contributed by atoms with Gasteiger partial charge in [0.25, 0.3) is 0 Å². The standard InChI is InChI=1S/C18H23N3O/c1-14-6-3-4-7-16(14)19-10-9-18(22)21-13-12-20-11-5-8-17(20)15(21)2/h3-8,11,15,19H,9-10,12-13H2,1-2H3/t15-/m0/s1. The summed E-state index contributed by atoms with van der Waals surface area (Å²) in [6.07, 6.45) is 2.62. The highest BCUT2D eigenvalue weighted by atomic mass is 16.2. The van der Waals surface area contributed by atoms with Crippen molar-refractivity contribution in [1.82, 2.24) is 9.47 Å². The normalized spacial score (nSPS) is 17.2. The quantitative estimate of drug-likeness (QED) is 0.941. The fraction of sp³-hybridized carbons (Fsp3) is 0.389. The summed E-state index contributed by atoms with van der Waals surface area (Å²) in [5, 5.41) is 3.36. The van der Waals surface area contributed by atoms with Gasteiger partial charge in [0.05, 0.1) is 6.04 Å². The molecular formula is C18H23N3O. The van der Waals surface area contributed by atoms with Gasteiger partial charge in [0.15, 0.2) is 0 Å². The van der Waals surface area contributed by atoms with Crippen LogP contribution in [0.1, 0.15) is 30.6 Å². The van der Waals surface area contributed by atoms with Gasteiger partial charge in [-0.25, -0.2) is 0 Å². The summed E-state index contributed by atoms with van der Waals surface area (Å²) in [7, 11) is 0. The Balaban J connectivity index is 1.56. The van der Waals surface area contributed by atoms with Crippen LogP contribution in [0.5, 0.6) is 0 Å². The third kappa shape index (κ3) is 2.86. The predicted octanol–water partition coefficient (Wildman–Crippen LogP) is 3.20. The fourth-order valence-electron chi connectivity index (χ4n) is 3.14. The molecule has 4 heteroatoms. The van der Waals surface area contributed by atoms with E-state index in [-0.39, 0.29) is 11.9 Å². The van der Waals surface area contributed by atoms with Crippen LogP contribution in [0, 0.1) is 6.92 Å². The van der Waals surface area contributed by atoms with Gasteiger partial charge in [0, 0.05) is 43.6 Å². The van der Waals surface area contributed by atoms with E-state index in [0.29, 0.717) is 13.0 Å². The van der Waals surface area contributed by atoms with Crippen LogP contribution in [0.15, 0.2) is 42.6 Å². The highest BCUT2D eigenvalue weighted by Gasteiger charge is 2.26. The molecule has 0 saturated carbocycles. The maximum Gasteiger partial charge on any atom is 0.224 e. The van der Waals surface area contributed by atoms with Crippen LogP contribution >= 0.6 is 0 Å². The maximum atomic E-state index is 12.5. The number of anilines is 1. The Bertz CT molecular complexity index is 662. The molecule has 0 radical (unpaired) electrons. The number of aromatic nitrogens is 1. The largest absolute Gasteiger partial charge is 0.384 e. The van der Waals surface area contributed by atoms with Crippen LogP contribution < -0.4 is 5.32 Å². The van der Waals surface area contributed by atoms with E-state index in [2.05, 4.69) is 54.2 Å². The smallest absolute Gasteiger partial charge is 0.224 e. The number of para-hydroxylation sites is 1. The molecule has 0 unspecified atom stereocenters. The zero-order chi connectivity index (χ0) is 15.5. The molecule has 0 fully saturated rings. The lowest BCUT2D eigenvalue weighted by atomic mass is 10.1. The molecule has 1 aromatic carbocycles. The molecule has 1 amide bonds. The van der Waals surface area contributed by atoms with Crippen LogP contribution in [-0.2, 0) is 11.3 Å². The highest BCUT2D eigenvalue weighted by Crippen LogP contribution is 2.25. The number of benzene rings is 1. The summed E-state index contributed by atoms with van der Waals surface area (Å²) in [6, 6.07) is 12.5. The first kappa shape index (κ1) is 14.7. The lowest BCUT2D eigenvalue weighted by molar-refractivity contribution is -0.134. The molecule has 22 heavy (non-hydrogen) atoms. The fourth-order valence-corrected chi connectivity index (χ4v) is 3.14. The van der Waals surface area contributed by atoms with Crippen molar-refractivity contribution in [2.24, 2.45) is 0 Å². The molecule has 1 aliphatic heterocycles. The van der Waals surface area contributed by atoms with E-state index in [1.807, 2.05) is 17.0 Å². The van der Waals surface area contributed by atoms with Gasteiger partial charge in [-0.2, -0.15) is 0 Å². The Morgan fingerprint density at radius 3 is 2.86 bits per heavy atom. The minimum Gasteiger partial charge on any atom is -0.384 e. The predicted molar refractivity (Wildman–Crippen MR) is 88.8 cm³/mol. The molecule has 2 aromatic rings. The van der Waals surface area contributed by atoms with Crippen molar-refractivity contribution in [1.29, 1.82) is 0 Å². The second kappa shape index (κ2) is 6.26. The third-order valence-electron chi connectivity index (χ3n) is 4.46. The molecule has 0 bridgehead atoms. The third-order valence-corrected chi connectivity index (χ3v) is 4.46. The average molecular weight is 297 g/mol. The van der Waals surface area contributed by atoms with Gasteiger partial charge in [0.1, 0.15) is 0 Å². The molecule has 2 heterocycles. The minimum atomic E-state index is 0.162. The SMILES string of the molecule is Cc1ccccc1NCCC(=O)N1CCn2cccc2[C@@H]1C. The lowest BCUT2D eigenvalue weighted by Crippen LogP contribution is -2.41. The van der Waals surface area contributed by atoms with Gasteiger partial charge in [0.2, 0.25) is 5.91 Å². The minimum absolute atomic E-state index is 0.162. The van der Waals surface area contributed by atoms with Crippen LogP contribution in [-0.4, -0.2) is 28.5 Å². The van der Waals surface area contributed by atoms with Gasteiger partial charge in [-0.1, -0.05) is 18.2 Å². The second-order valence-electron chi connectivity index (χ2n) is 5.88. The number of amides is 1. The number of carbonyl (C=O) groups is 1. The Morgan fingerprint density at radius 1 is 1.23 bits per heavy atom. The number of hydrogen-bond donors (Lipinski definition) is 1. The first-order chi connectivity index (χ1) is 10.7. The summed E-state index contributed by atoms with van der Waals surface area (Å²) < 4.78 is 2.24. The number of hydrogen-bond acceptors (Lipinski definition) is 2. The van der Waals surface area contributed by atoms with Crippen molar-refractivity contribution in [3.05, 3.63) is 53.9 Å². The summed E-state index contributed by atoms with van der Waals surface area (Å²) in [5.74, 6) is 0.223. The first-order valence-electron chi connectivity index (χ1n) is 7.91. The number of rotatable bonds is 4. The number of carbonyl (C=O) groups excluding carboxylic acids is 1. The first-order valence-corrected chi connectivity index (χ1v) is 7.91. The van der Waals surface area contributed by atoms with E-state index in [9.17, 15) is 4.79 Å². The molecule has 4 nitrogen and oxygen atoms in total. The zero-order valence-corrected chi connectivity index (χ0v) is 13.2. The van der Waals surface area contributed by atoms with Crippen molar-refractivity contribution in [3.8, 4) is 0 Å². The topological polar surface area (TPSA) is 37.3 Å². The molecular weight excluding hydrogens is 274 g/mol. The molecule has 1 N–H and O–H groups in total. The van der Waals surface area contributed by atoms with Crippen molar-refractivity contribution in [2.75, 3.05) is 18.4 Å². The summed E-state index contributed by atoms with van der Waals surface area (Å²) in [4.78, 5) is 14.5. The molecule has 3 rings (SSSR count). The molecule has 0 aliphatic carbocycles. The van der Waals surface area contributed by atoms with E-state index in [0.717, 1.165) is 18.8 Å². The van der Waals surface area contributed by atoms with E-state index >= 15 is 0 Å². The molecule has 1 aromatic heterocycles. The molecule has 116 valence electrons. The Morgan fingerprint density at radius 2 is 2.05 bits per heavy atom. The lowest BCUT2D eigenvalue weighted by Gasteiger charge is -2.35. The number of fused-ring (bicyclic) bond motifs is 1. The Hall–Kier alpha value is -2.23. The van der Waals surface area contributed by atoms with Gasteiger partial charge in [-0.05, 0) is 37.6 Å². The molecule has 1 aliphatic rings.